The number of para-hydroxylation sites is 1. The van der Waals surface area contributed by atoms with E-state index in [4.69, 9.17) is 0 Å². The van der Waals surface area contributed by atoms with Crippen LogP contribution in [0.2, 0.25) is 0 Å². The largest absolute Gasteiger partial charge is 0.394 e. The molecule has 0 saturated carbocycles. The van der Waals surface area contributed by atoms with Crippen LogP contribution in [-0.4, -0.2) is 80.9 Å². The molecule has 3 aliphatic rings. The van der Waals surface area contributed by atoms with Gasteiger partial charge in [-0.15, -0.1) is 24.9 Å². The molecule has 0 radical (unpaired) electrons. The molecular weight excluding hydrogens is 510 g/mol. The molecule has 3 fully saturated rings. The first-order chi connectivity index (χ1) is 18.6. The van der Waals surface area contributed by atoms with E-state index in [0.717, 1.165) is 29.7 Å². The van der Waals surface area contributed by atoms with Crippen molar-refractivity contribution in [2.45, 2.75) is 69.5 Å². The van der Waals surface area contributed by atoms with E-state index in [1.54, 1.807) is 45.5 Å². The van der Waals surface area contributed by atoms with Crippen LogP contribution in [0.4, 0.5) is 5.69 Å². The molecule has 1 aromatic rings. The van der Waals surface area contributed by atoms with E-state index in [2.05, 4.69) is 20.1 Å². The van der Waals surface area contributed by atoms with Crippen molar-refractivity contribution in [2.24, 2.45) is 17.8 Å². The molecule has 1 N–H and O–H groups in total. The molecule has 4 rings (SSSR count). The number of benzene rings is 1. The van der Waals surface area contributed by atoms with Gasteiger partial charge in [0.25, 0.3) is 5.91 Å². The second-order valence-corrected chi connectivity index (χ2v) is 12.9. The fraction of sp³-hybridized carbons (Fsp3) is 0.581. The summed E-state index contributed by atoms with van der Waals surface area (Å²) >= 11 is 1.67. The molecular formula is C31H43N3O4S. The minimum absolute atomic E-state index is 0.0243. The van der Waals surface area contributed by atoms with Crippen molar-refractivity contribution < 1.29 is 19.5 Å². The number of rotatable bonds is 11. The molecule has 8 heteroatoms. The Kier molecular flexibility index (Phi) is 8.67. The lowest BCUT2D eigenvalue weighted by molar-refractivity contribution is -0.145. The number of hydrogen-bond donors (Lipinski definition) is 1. The lowest BCUT2D eigenvalue weighted by Gasteiger charge is -2.42. The molecule has 2 bridgehead atoms. The zero-order valence-corrected chi connectivity index (χ0v) is 24.7. The number of carbonyl (C=O) groups excluding carboxylic acids is 3. The average Bonchev–Trinajstić information content (AvgIpc) is 3.50. The van der Waals surface area contributed by atoms with Crippen LogP contribution in [0.25, 0.3) is 0 Å². The lowest BCUT2D eigenvalue weighted by Crippen LogP contribution is -2.59. The highest BCUT2D eigenvalue weighted by molar-refractivity contribution is 8.02. The second-order valence-electron chi connectivity index (χ2n) is 11.4. The van der Waals surface area contributed by atoms with E-state index in [1.807, 2.05) is 39.0 Å². The quantitative estimate of drug-likeness (QED) is 0.420. The van der Waals surface area contributed by atoms with Crippen LogP contribution >= 0.6 is 11.8 Å². The number of aliphatic hydroxyl groups excluding tert-OH is 1. The van der Waals surface area contributed by atoms with E-state index in [1.165, 1.54) is 0 Å². The summed E-state index contributed by atoms with van der Waals surface area (Å²) in [6, 6.07) is 4.58. The summed E-state index contributed by atoms with van der Waals surface area (Å²) in [7, 11) is 0. The third-order valence-electron chi connectivity index (χ3n) is 8.88. The Morgan fingerprint density at radius 2 is 1.85 bits per heavy atom. The van der Waals surface area contributed by atoms with Gasteiger partial charge in [-0.05, 0) is 50.7 Å². The second kappa shape index (κ2) is 11.5. The van der Waals surface area contributed by atoms with E-state index in [9.17, 15) is 19.5 Å². The summed E-state index contributed by atoms with van der Waals surface area (Å²) in [5.41, 5.74) is 2.76. The highest BCUT2D eigenvalue weighted by Crippen LogP contribution is 2.69. The number of fused-ring (bicyclic) bond motifs is 1. The summed E-state index contributed by atoms with van der Waals surface area (Å²) < 4.78 is -0.745. The van der Waals surface area contributed by atoms with Gasteiger partial charge in [-0.3, -0.25) is 14.4 Å². The van der Waals surface area contributed by atoms with Crippen molar-refractivity contribution in [2.75, 3.05) is 31.1 Å². The van der Waals surface area contributed by atoms with Gasteiger partial charge < -0.3 is 19.8 Å². The molecule has 3 heterocycles. The third-order valence-corrected chi connectivity index (χ3v) is 11.0. The number of amides is 3. The first kappa shape index (κ1) is 29.4. The SMILES string of the molecule is C=CCN(CCC)C(=O)[C@@H]1[C@@H]2CC(C)C3(S2)C(C(=O)N(CC=C)c2c(C)cccc2C)N([C@H](C)CO)C(=O)[C@H]13. The standard InChI is InChI=1S/C31H43N3O4S/c1-8-14-32(15-9-2)28(36)24-23-17-21(6)31(39-23)25(24)29(37)34(22(7)18-35)27(31)30(38)33(16-10-3)26-19(4)12-11-13-20(26)5/h8,10-13,21-25,27,35H,1,3,9,14-18H2,2,4-7H3/t21?,22-,23+,24-,25+,27?,31?/m1/s1. The summed E-state index contributed by atoms with van der Waals surface area (Å²) in [4.78, 5) is 48.3. The fourth-order valence-electron chi connectivity index (χ4n) is 7.31. The third kappa shape index (κ3) is 4.53. The summed E-state index contributed by atoms with van der Waals surface area (Å²) in [6.45, 7) is 18.7. The van der Waals surface area contributed by atoms with Crippen molar-refractivity contribution in [1.82, 2.24) is 9.80 Å². The van der Waals surface area contributed by atoms with Crippen molar-refractivity contribution in [1.29, 1.82) is 0 Å². The number of carbonyl (C=O) groups is 3. The number of hydrogen-bond acceptors (Lipinski definition) is 5. The zero-order valence-electron chi connectivity index (χ0n) is 23.9. The van der Waals surface area contributed by atoms with Gasteiger partial charge in [0.15, 0.2) is 0 Å². The highest BCUT2D eigenvalue weighted by atomic mass is 32.2. The van der Waals surface area contributed by atoms with E-state index in [-0.39, 0.29) is 35.5 Å². The first-order valence-electron chi connectivity index (χ1n) is 14.1. The van der Waals surface area contributed by atoms with Crippen molar-refractivity contribution in [3.8, 4) is 0 Å². The molecule has 0 aliphatic carbocycles. The Hall–Kier alpha value is -2.58. The molecule has 39 heavy (non-hydrogen) atoms. The summed E-state index contributed by atoms with van der Waals surface area (Å²) in [6.07, 6.45) is 5.02. The van der Waals surface area contributed by atoms with Crippen molar-refractivity contribution >= 4 is 35.2 Å². The molecule has 1 spiro atoms. The van der Waals surface area contributed by atoms with Crippen LogP contribution < -0.4 is 4.90 Å². The predicted molar refractivity (Wildman–Crippen MR) is 158 cm³/mol. The van der Waals surface area contributed by atoms with Gasteiger partial charge in [0.2, 0.25) is 11.8 Å². The van der Waals surface area contributed by atoms with Gasteiger partial charge in [0, 0.05) is 30.6 Å². The number of likely N-dealkylation sites (tertiary alicyclic amines) is 1. The number of aryl methyl sites for hydroxylation is 2. The number of thioether (sulfide) groups is 1. The Bertz CT molecular complexity index is 1130. The molecule has 3 unspecified atom stereocenters. The van der Waals surface area contributed by atoms with Crippen LogP contribution in [0, 0.1) is 31.6 Å². The van der Waals surface area contributed by atoms with Crippen molar-refractivity contribution in [3.63, 3.8) is 0 Å². The van der Waals surface area contributed by atoms with Crippen LogP contribution in [0.3, 0.4) is 0 Å². The lowest BCUT2D eigenvalue weighted by atomic mass is 9.65. The Labute approximate surface area is 237 Å². The van der Waals surface area contributed by atoms with Crippen LogP contribution in [0.5, 0.6) is 0 Å². The molecule has 1 aromatic carbocycles. The van der Waals surface area contributed by atoms with Crippen LogP contribution in [-0.2, 0) is 14.4 Å². The van der Waals surface area contributed by atoms with Gasteiger partial charge in [-0.2, -0.15) is 0 Å². The number of nitrogens with zero attached hydrogens (tertiary/aromatic N) is 3. The first-order valence-corrected chi connectivity index (χ1v) is 15.0. The Morgan fingerprint density at radius 3 is 2.41 bits per heavy atom. The molecule has 3 saturated heterocycles. The smallest absolute Gasteiger partial charge is 0.251 e. The number of aliphatic hydroxyl groups is 1. The van der Waals surface area contributed by atoms with E-state index >= 15 is 0 Å². The van der Waals surface area contributed by atoms with E-state index < -0.39 is 28.7 Å². The maximum atomic E-state index is 14.8. The molecule has 7 atom stereocenters. The van der Waals surface area contributed by atoms with Crippen molar-refractivity contribution in [3.05, 3.63) is 54.6 Å². The molecule has 3 aliphatic heterocycles. The Morgan fingerprint density at radius 1 is 1.21 bits per heavy atom. The summed E-state index contributed by atoms with van der Waals surface area (Å²) in [5, 5.41) is 10.2. The summed E-state index contributed by atoms with van der Waals surface area (Å²) in [5.74, 6) is -1.44. The number of anilines is 1. The molecule has 3 amide bonds. The maximum absolute atomic E-state index is 14.8. The van der Waals surface area contributed by atoms with E-state index in [0.29, 0.717) is 19.6 Å². The molecule has 212 valence electrons. The van der Waals surface area contributed by atoms with Gasteiger partial charge in [-0.25, -0.2) is 0 Å². The fourth-order valence-corrected chi connectivity index (χ4v) is 9.71. The van der Waals surface area contributed by atoms with Crippen LogP contribution in [0.15, 0.2) is 43.5 Å². The van der Waals surface area contributed by atoms with Gasteiger partial charge in [0.1, 0.15) is 6.04 Å². The van der Waals surface area contributed by atoms with Crippen LogP contribution in [0.1, 0.15) is 44.7 Å². The predicted octanol–water partition coefficient (Wildman–Crippen LogP) is 3.97. The minimum atomic E-state index is -0.794. The monoisotopic (exact) mass is 553 g/mol. The Balaban J connectivity index is 1.85. The zero-order chi connectivity index (χ0) is 28.6. The van der Waals surface area contributed by atoms with Gasteiger partial charge in [-0.1, -0.05) is 44.2 Å². The van der Waals surface area contributed by atoms with Gasteiger partial charge in [0.05, 0.1) is 29.2 Å². The molecule has 0 aromatic heterocycles. The highest BCUT2D eigenvalue weighted by Gasteiger charge is 2.76. The normalized spacial score (nSPS) is 29.7. The minimum Gasteiger partial charge on any atom is -0.394 e. The topological polar surface area (TPSA) is 81.2 Å². The average molecular weight is 554 g/mol. The van der Waals surface area contributed by atoms with Gasteiger partial charge >= 0.3 is 0 Å². The molecule has 7 nitrogen and oxygen atoms in total. The maximum Gasteiger partial charge on any atom is 0.251 e.